The molecule has 1 aliphatic carbocycles. The van der Waals surface area contributed by atoms with Crippen LogP contribution in [0.4, 0.5) is 0 Å². The van der Waals surface area contributed by atoms with Gasteiger partial charge in [-0.15, -0.1) is 0 Å². The minimum Gasteiger partial charge on any atom is -0.460 e. The third kappa shape index (κ3) is 4.73. The van der Waals surface area contributed by atoms with Gasteiger partial charge in [-0.2, -0.15) is 0 Å². The molecule has 0 bridgehead atoms. The second-order valence-corrected chi connectivity index (χ2v) is 7.25. The molecule has 3 nitrogen and oxygen atoms in total. The summed E-state index contributed by atoms with van der Waals surface area (Å²) in [7, 11) is 0. The lowest BCUT2D eigenvalue weighted by molar-refractivity contribution is -0.168. The highest BCUT2D eigenvalue weighted by atomic mass is 16.6. The molecule has 1 fully saturated rings. The summed E-state index contributed by atoms with van der Waals surface area (Å²) in [6, 6.07) is 20.0. The Labute approximate surface area is 156 Å². The number of ether oxygens (including phenoxy) is 2. The number of hydrogen-bond acceptors (Lipinski definition) is 3. The van der Waals surface area contributed by atoms with E-state index >= 15 is 0 Å². The van der Waals surface area contributed by atoms with E-state index in [1.54, 1.807) is 0 Å². The van der Waals surface area contributed by atoms with Gasteiger partial charge in [0.15, 0.2) is 6.10 Å². The van der Waals surface area contributed by atoms with Crippen LogP contribution in [0.3, 0.4) is 0 Å². The van der Waals surface area contributed by atoms with Gasteiger partial charge in [0.25, 0.3) is 0 Å². The van der Waals surface area contributed by atoms with Crippen molar-refractivity contribution in [1.82, 2.24) is 0 Å². The Hall–Kier alpha value is -2.13. The molecule has 0 aliphatic heterocycles. The van der Waals surface area contributed by atoms with Crippen LogP contribution >= 0.6 is 0 Å². The van der Waals surface area contributed by atoms with E-state index in [-0.39, 0.29) is 24.1 Å². The molecule has 3 rings (SSSR count). The molecule has 26 heavy (non-hydrogen) atoms. The van der Waals surface area contributed by atoms with Gasteiger partial charge in [0.2, 0.25) is 0 Å². The third-order valence-corrected chi connectivity index (χ3v) is 4.92. The highest BCUT2D eigenvalue weighted by Crippen LogP contribution is 2.36. The van der Waals surface area contributed by atoms with E-state index in [2.05, 4.69) is 24.3 Å². The van der Waals surface area contributed by atoms with Crippen LogP contribution < -0.4 is 0 Å². The molecule has 2 aromatic carbocycles. The normalized spacial score (nSPS) is 21.3. The van der Waals surface area contributed by atoms with Gasteiger partial charge in [0.05, 0.1) is 6.10 Å². The average molecular weight is 352 g/mol. The smallest absolute Gasteiger partial charge is 0.340 e. The summed E-state index contributed by atoms with van der Waals surface area (Å²) < 4.78 is 11.9. The predicted octanol–water partition coefficient (Wildman–Crippen LogP) is 5.42. The first-order valence-corrected chi connectivity index (χ1v) is 9.61. The predicted molar refractivity (Wildman–Crippen MR) is 103 cm³/mol. The van der Waals surface area contributed by atoms with Crippen LogP contribution in [-0.2, 0) is 14.3 Å². The van der Waals surface area contributed by atoms with Crippen molar-refractivity contribution in [3.63, 3.8) is 0 Å². The SMILES string of the molecule is CC(C)OC(C(=O)O[C@H]1CCCC[C@@H]1c1ccccc1)c1ccccc1. The number of carbonyl (C=O) groups excluding carboxylic acids is 1. The van der Waals surface area contributed by atoms with Crippen LogP contribution in [0.25, 0.3) is 0 Å². The van der Waals surface area contributed by atoms with Crippen molar-refractivity contribution < 1.29 is 14.3 Å². The van der Waals surface area contributed by atoms with E-state index < -0.39 is 6.10 Å². The topological polar surface area (TPSA) is 35.5 Å². The molecular formula is C23H28O3. The van der Waals surface area contributed by atoms with Crippen molar-refractivity contribution >= 4 is 5.97 Å². The molecule has 1 unspecified atom stereocenters. The minimum absolute atomic E-state index is 0.0518. The van der Waals surface area contributed by atoms with Crippen molar-refractivity contribution in [3.8, 4) is 0 Å². The van der Waals surface area contributed by atoms with Gasteiger partial charge in [0, 0.05) is 5.92 Å². The number of hydrogen-bond donors (Lipinski definition) is 0. The molecule has 0 N–H and O–H groups in total. The molecule has 0 heterocycles. The highest BCUT2D eigenvalue weighted by Gasteiger charge is 2.33. The largest absolute Gasteiger partial charge is 0.460 e. The van der Waals surface area contributed by atoms with E-state index in [9.17, 15) is 4.79 Å². The number of benzene rings is 2. The van der Waals surface area contributed by atoms with E-state index in [0.29, 0.717) is 0 Å². The van der Waals surface area contributed by atoms with Gasteiger partial charge in [-0.05, 0) is 44.2 Å². The first kappa shape index (κ1) is 18.7. The molecule has 2 aromatic rings. The second kappa shape index (κ2) is 9.00. The molecule has 3 heteroatoms. The van der Waals surface area contributed by atoms with Gasteiger partial charge < -0.3 is 9.47 Å². The standard InChI is InChI=1S/C23H28O3/c1-17(2)25-22(19-13-7-4-8-14-19)23(24)26-21-16-10-9-15-20(21)18-11-5-3-6-12-18/h3-8,11-14,17,20-22H,9-10,15-16H2,1-2H3/t20-,21+,22?/m1/s1. The zero-order valence-electron chi connectivity index (χ0n) is 15.6. The van der Waals surface area contributed by atoms with E-state index in [1.807, 2.05) is 50.2 Å². The maximum absolute atomic E-state index is 13.0. The van der Waals surface area contributed by atoms with E-state index in [4.69, 9.17) is 9.47 Å². The quantitative estimate of drug-likeness (QED) is 0.651. The van der Waals surface area contributed by atoms with Crippen LogP contribution in [0.1, 0.15) is 62.7 Å². The molecule has 0 amide bonds. The summed E-state index contributed by atoms with van der Waals surface area (Å²) in [5.74, 6) is -0.0119. The summed E-state index contributed by atoms with van der Waals surface area (Å²) in [5.41, 5.74) is 2.10. The molecule has 0 aromatic heterocycles. The Bertz CT molecular complexity index is 681. The number of rotatable bonds is 6. The molecule has 3 atom stereocenters. The zero-order chi connectivity index (χ0) is 18.4. The Balaban J connectivity index is 1.76. The van der Waals surface area contributed by atoms with Crippen LogP contribution in [-0.4, -0.2) is 18.2 Å². The van der Waals surface area contributed by atoms with Gasteiger partial charge in [-0.25, -0.2) is 4.79 Å². The Kier molecular flexibility index (Phi) is 6.45. The zero-order valence-corrected chi connectivity index (χ0v) is 15.6. The van der Waals surface area contributed by atoms with Crippen molar-refractivity contribution in [2.45, 2.75) is 63.8 Å². The lowest BCUT2D eigenvalue weighted by atomic mass is 9.81. The molecular weight excluding hydrogens is 324 g/mol. The molecule has 138 valence electrons. The van der Waals surface area contributed by atoms with Gasteiger partial charge >= 0.3 is 5.97 Å². The minimum atomic E-state index is -0.672. The molecule has 1 aliphatic rings. The summed E-state index contributed by atoms with van der Waals surface area (Å²) in [6.07, 6.45) is 3.44. The van der Waals surface area contributed by atoms with Gasteiger partial charge in [0.1, 0.15) is 6.10 Å². The summed E-state index contributed by atoms with van der Waals surface area (Å²) in [5, 5.41) is 0. The molecule has 0 radical (unpaired) electrons. The lowest BCUT2D eigenvalue weighted by Gasteiger charge is -2.33. The van der Waals surface area contributed by atoms with Crippen molar-refractivity contribution in [2.24, 2.45) is 0 Å². The third-order valence-electron chi connectivity index (χ3n) is 4.92. The highest BCUT2D eigenvalue weighted by molar-refractivity contribution is 5.76. The molecule has 0 spiro atoms. The van der Waals surface area contributed by atoms with Gasteiger partial charge in [-0.3, -0.25) is 0 Å². The van der Waals surface area contributed by atoms with Crippen LogP contribution in [0.15, 0.2) is 60.7 Å². The number of carbonyl (C=O) groups is 1. The lowest BCUT2D eigenvalue weighted by Crippen LogP contribution is -2.32. The average Bonchev–Trinajstić information content (AvgIpc) is 2.68. The molecule has 0 saturated heterocycles. The Morgan fingerprint density at radius 3 is 2.19 bits per heavy atom. The Morgan fingerprint density at radius 1 is 0.923 bits per heavy atom. The summed E-state index contributed by atoms with van der Waals surface area (Å²) in [4.78, 5) is 13.0. The molecule has 1 saturated carbocycles. The fourth-order valence-corrected chi connectivity index (χ4v) is 3.70. The first-order chi connectivity index (χ1) is 12.6. The van der Waals surface area contributed by atoms with Crippen molar-refractivity contribution in [1.29, 1.82) is 0 Å². The van der Waals surface area contributed by atoms with Crippen LogP contribution in [0.2, 0.25) is 0 Å². The summed E-state index contributed by atoms with van der Waals surface area (Å²) >= 11 is 0. The monoisotopic (exact) mass is 352 g/mol. The number of esters is 1. The fraction of sp³-hybridized carbons (Fsp3) is 0.435. The van der Waals surface area contributed by atoms with Crippen molar-refractivity contribution in [2.75, 3.05) is 0 Å². The first-order valence-electron chi connectivity index (χ1n) is 9.61. The Morgan fingerprint density at radius 2 is 1.54 bits per heavy atom. The fourth-order valence-electron chi connectivity index (χ4n) is 3.70. The van der Waals surface area contributed by atoms with Crippen molar-refractivity contribution in [3.05, 3.63) is 71.8 Å². The van der Waals surface area contributed by atoms with Crippen LogP contribution in [0, 0.1) is 0 Å². The second-order valence-electron chi connectivity index (χ2n) is 7.25. The van der Waals surface area contributed by atoms with Gasteiger partial charge in [-0.1, -0.05) is 67.1 Å². The maximum Gasteiger partial charge on any atom is 0.340 e. The van der Waals surface area contributed by atoms with Crippen LogP contribution in [0.5, 0.6) is 0 Å². The van der Waals surface area contributed by atoms with E-state index in [1.165, 1.54) is 12.0 Å². The maximum atomic E-state index is 13.0. The summed E-state index contributed by atoms with van der Waals surface area (Å²) in [6.45, 7) is 3.88. The van der Waals surface area contributed by atoms with E-state index in [0.717, 1.165) is 24.8 Å².